The van der Waals surface area contributed by atoms with E-state index in [0.29, 0.717) is 30.0 Å². The van der Waals surface area contributed by atoms with Crippen molar-refractivity contribution in [1.82, 2.24) is 14.9 Å². The van der Waals surface area contributed by atoms with Gasteiger partial charge in [0.05, 0.1) is 6.33 Å². The summed E-state index contributed by atoms with van der Waals surface area (Å²) < 4.78 is 14.8. The number of nitrogens with one attached hydrogen (secondary N) is 2. The van der Waals surface area contributed by atoms with Gasteiger partial charge in [-0.15, -0.1) is 0 Å². The van der Waals surface area contributed by atoms with Gasteiger partial charge in [-0.05, 0) is 47.5 Å². The molecule has 0 aliphatic heterocycles. The smallest absolute Gasteiger partial charge is 0.271 e. The van der Waals surface area contributed by atoms with E-state index >= 15 is 0 Å². The second-order valence-corrected chi connectivity index (χ2v) is 7.26. The van der Waals surface area contributed by atoms with Crippen molar-refractivity contribution in [3.63, 3.8) is 0 Å². The fourth-order valence-corrected chi connectivity index (χ4v) is 3.14. The van der Waals surface area contributed by atoms with Crippen molar-refractivity contribution in [2.75, 3.05) is 5.32 Å². The van der Waals surface area contributed by atoms with Crippen molar-refractivity contribution in [2.45, 2.75) is 13.1 Å². The van der Waals surface area contributed by atoms with Crippen LogP contribution in [0.1, 0.15) is 32.0 Å². The number of rotatable bonds is 7. The van der Waals surface area contributed by atoms with Crippen molar-refractivity contribution >= 4 is 17.5 Å². The number of carbonyl (C=O) groups is 2. The zero-order valence-corrected chi connectivity index (χ0v) is 17.2. The Hall–Kier alpha value is -4.26. The van der Waals surface area contributed by atoms with Crippen LogP contribution in [-0.4, -0.2) is 21.4 Å². The lowest BCUT2D eigenvalue weighted by Crippen LogP contribution is -2.23. The number of hydrogen-bond donors (Lipinski definition) is 2. The molecule has 0 fully saturated rings. The summed E-state index contributed by atoms with van der Waals surface area (Å²) in [5.74, 6) is -0.776. The van der Waals surface area contributed by atoms with E-state index in [0.717, 1.165) is 11.1 Å². The van der Waals surface area contributed by atoms with Crippen molar-refractivity contribution < 1.29 is 14.0 Å². The van der Waals surface area contributed by atoms with E-state index in [9.17, 15) is 14.0 Å². The minimum Gasteiger partial charge on any atom is -0.347 e. The monoisotopic (exact) mass is 428 g/mol. The zero-order chi connectivity index (χ0) is 22.3. The molecule has 0 aliphatic carbocycles. The first-order valence-electron chi connectivity index (χ1n) is 10.1. The third-order valence-electron chi connectivity index (χ3n) is 4.85. The molecule has 1 aromatic heterocycles. The van der Waals surface area contributed by atoms with Crippen LogP contribution in [0.15, 0.2) is 91.4 Å². The lowest BCUT2D eigenvalue weighted by atomic mass is 10.2. The Morgan fingerprint density at radius 2 is 1.53 bits per heavy atom. The Labute approximate surface area is 184 Å². The molecule has 1 heterocycles. The van der Waals surface area contributed by atoms with Crippen LogP contribution in [0.25, 0.3) is 0 Å². The molecule has 7 heteroatoms. The van der Waals surface area contributed by atoms with Crippen LogP contribution < -0.4 is 10.6 Å². The van der Waals surface area contributed by atoms with Gasteiger partial charge in [0.15, 0.2) is 0 Å². The first kappa shape index (κ1) is 21.0. The Kier molecular flexibility index (Phi) is 6.36. The lowest BCUT2D eigenvalue weighted by molar-refractivity contribution is 0.0945. The average Bonchev–Trinajstić information content (AvgIpc) is 3.29. The predicted octanol–water partition coefficient (Wildman–Crippen LogP) is 4.25. The highest BCUT2D eigenvalue weighted by atomic mass is 19.1. The highest BCUT2D eigenvalue weighted by Crippen LogP contribution is 2.13. The fraction of sp³-hybridized carbons (Fsp3) is 0.0800. The summed E-state index contributed by atoms with van der Waals surface area (Å²) in [6, 6.07) is 22.5. The van der Waals surface area contributed by atoms with Gasteiger partial charge >= 0.3 is 0 Å². The first-order valence-corrected chi connectivity index (χ1v) is 10.1. The highest BCUT2D eigenvalue weighted by Gasteiger charge is 2.10. The van der Waals surface area contributed by atoms with Crippen LogP contribution in [0.4, 0.5) is 10.1 Å². The molecular weight excluding hydrogens is 407 g/mol. The predicted molar refractivity (Wildman–Crippen MR) is 120 cm³/mol. The summed E-state index contributed by atoms with van der Waals surface area (Å²) in [5.41, 5.74) is 3.41. The van der Waals surface area contributed by atoms with Crippen molar-refractivity contribution in [2.24, 2.45) is 0 Å². The van der Waals surface area contributed by atoms with Gasteiger partial charge in [-0.2, -0.15) is 0 Å². The molecule has 4 aromatic rings. The Bertz CT molecular complexity index is 1200. The zero-order valence-electron chi connectivity index (χ0n) is 17.2. The van der Waals surface area contributed by atoms with E-state index in [1.807, 2.05) is 47.0 Å². The van der Waals surface area contributed by atoms with Gasteiger partial charge in [-0.1, -0.05) is 42.5 Å². The second kappa shape index (κ2) is 9.70. The third-order valence-corrected chi connectivity index (χ3v) is 4.85. The Balaban J connectivity index is 1.31. The lowest BCUT2D eigenvalue weighted by Gasteiger charge is -2.07. The molecule has 3 aromatic carbocycles. The molecular formula is C25H21FN4O2. The molecule has 0 saturated carbocycles. The van der Waals surface area contributed by atoms with E-state index in [1.165, 1.54) is 12.1 Å². The molecule has 0 bridgehead atoms. The maximum Gasteiger partial charge on any atom is 0.271 e. The van der Waals surface area contributed by atoms with Crippen LogP contribution >= 0.6 is 0 Å². The number of halogens is 1. The topological polar surface area (TPSA) is 76.0 Å². The molecule has 160 valence electrons. The molecule has 2 amide bonds. The number of carbonyl (C=O) groups excluding carboxylic acids is 2. The maximum atomic E-state index is 13.0. The van der Waals surface area contributed by atoms with Crippen LogP contribution in [0.2, 0.25) is 0 Å². The van der Waals surface area contributed by atoms with Gasteiger partial charge in [0.2, 0.25) is 0 Å². The van der Waals surface area contributed by atoms with Crippen LogP contribution in [-0.2, 0) is 13.1 Å². The van der Waals surface area contributed by atoms with E-state index in [1.54, 1.807) is 36.8 Å². The van der Waals surface area contributed by atoms with E-state index < -0.39 is 0 Å². The molecule has 0 radical (unpaired) electrons. The molecule has 0 saturated heterocycles. The number of aromatic nitrogens is 2. The summed E-state index contributed by atoms with van der Waals surface area (Å²) >= 11 is 0. The summed E-state index contributed by atoms with van der Waals surface area (Å²) in [5, 5.41) is 5.64. The standard InChI is InChI=1S/C25H21FN4O2/c26-21-10-6-18(7-11-21)14-27-25(32)23-16-30(17-28-23)15-19-8-12-22(13-9-19)29-24(31)20-4-2-1-3-5-20/h1-13,16-17H,14-15H2,(H,27,32)(H,29,31). The summed E-state index contributed by atoms with van der Waals surface area (Å²) in [6.07, 6.45) is 3.27. The minimum atomic E-state index is -0.314. The van der Waals surface area contributed by atoms with Gasteiger partial charge in [0.1, 0.15) is 11.5 Å². The second-order valence-electron chi connectivity index (χ2n) is 7.26. The number of nitrogens with zero attached hydrogens (tertiary/aromatic N) is 2. The molecule has 0 spiro atoms. The van der Waals surface area contributed by atoms with Crippen molar-refractivity contribution in [3.8, 4) is 0 Å². The largest absolute Gasteiger partial charge is 0.347 e. The van der Waals surface area contributed by atoms with Crippen LogP contribution in [0.5, 0.6) is 0 Å². The molecule has 32 heavy (non-hydrogen) atoms. The van der Waals surface area contributed by atoms with Gasteiger partial charge in [-0.25, -0.2) is 9.37 Å². The summed E-state index contributed by atoms with van der Waals surface area (Å²) in [4.78, 5) is 28.7. The van der Waals surface area contributed by atoms with Gasteiger partial charge in [-0.3, -0.25) is 9.59 Å². The Morgan fingerprint density at radius 1 is 0.844 bits per heavy atom. The molecule has 4 rings (SSSR count). The molecule has 2 N–H and O–H groups in total. The minimum absolute atomic E-state index is 0.163. The van der Waals surface area contributed by atoms with E-state index in [-0.39, 0.29) is 17.6 Å². The molecule has 0 unspecified atom stereocenters. The normalized spacial score (nSPS) is 10.5. The molecule has 0 atom stereocenters. The number of benzene rings is 3. The van der Waals surface area contributed by atoms with E-state index in [4.69, 9.17) is 0 Å². The summed E-state index contributed by atoms with van der Waals surface area (Å²) in [7, 11) is 0. The van der Waals surface area contributed by atoms with Crippen molar-refractivity contribution in [1.29, 1.82) is 0 Å². The number of anilines is 1. The maximum absolute atomic E-state index is 13.0. The third kappa shape index (κ3) is 5.46. The average molecular weight is 428 g/mol. The van der Waals surface area contributed by atoms with Gasteiger partial charge in [0.25, 0.3) is 11.8 Å². The Morgan fingerprint density at radius 3 is 2.25 bits per heavy atom. The number of imidazole rings is 1. The number of hydrogen-bond acceptors (Lipinski definition) is 3. The van der Waals surface area contributed by atoms with Gasteiger partial charge < -0.3 is 15.2 Å². The molecule has 6 nitrogen and oxygen atoms in total. The van der Waals surface area contributed by atoms with Crippen LogP contribution in [0, 0.1) is 5.82 Å². The number of amides is 2. The van der Waals surface area contributed by atoms with Crippen molar-refractivity contribution in [3.05, 3.63) is 120 Å². The first-order chi connectivity index (χ1) is 15.6. The fourth-order valence-electron chi connectivity index (χ4n) is 3.14. The SMILES string of the molecule is O=C(Nc1ccc(Cn2cnc(C(=O)NCc3ccc(F)cc3)c2)cc1)c1ccccc1. The van der Waals surface area contributed by atoms with Gasteiger partial charge in [0, 0.05) is 30.5 Å². The van der Waals surface area contributed by atoms with Crippen LogP contribution in [0.3, 0.4) is 0 Å². The van der Waals surface area contributed by atoms with E-state index in [2.05, 4.69) is 15.6 Å². The molecule has 0 aliphatic rings. The quantitative estimate of drug-likeness (QED) is 0.462. The summed E-state index contributed by atoms with van der Waals surface area (Å²) in [6.45, 7) is 0.827. The highest BCUT2D eigenvalue weighted by molar-refractivity contribution is 6.04.